The van der Waals surface area contributed by atoms with Gasteiger partial charge in [-0.25, -0.2) is 9.97 Å². The van der Waals surface area contributed by atoms with E-state index >= 15 is 0 Å². The van der Waals surface area contributed by atoms with E-state index < -0.39 is 0 Å². The first-order valence-electron chi connectivity index (χ1n) is 3.94. The molecular formula is C9H11ClN2S. The molecule has 0 spiro atoms. The van der Waals surface area contributed by atoms with E-state index in [0.29, 0.717) is 5.15 Å². The topological polar surface area (TPSA) is 25.8 Å². The van der Waals surface area contributed by atoms with Crippen molar-refractivity contribution in [3.05, 3.63) is 29.6 Å². The van der Waals surface area contributed by atoms with Gasteiger partial charge in [-0.3, -0.25) is 0 Å². The Morgan fingerprint density at radius 3 is 3.00 bits per heavy atom. The maximum atomic E-state index is 5.82. The Morgan fingerprint density at radius 1 is 1.62 bits per heavy atom. The van der Waals surface area contributed by atoms with E-state index in [1.807, 2.05) is 12.3 Å². The van der Waals surface area contributed by atoms with Crippen molar-refractivity contribution in [2.24, 2.45) is 0 Å². The molecule has 1 aromatic heterocycles. The highest BCUT2D eigenvalue weighted by Gasteiger charge is 2.00. The van der Waals surface area contributed by atoms with Crippen molar-refractivity contribution in [1.82, 2.24) is 9.97 Å². The molecule has 13 heavy (non-hydrogen) atoms. The third kappa shape index (κ3) is 3.36. The predicted octanol–water partition coefficient (Wildman–Crippen LogP) is 2.97. The van der Waals surface area contributed by atoms with E-state index in [4.69, 9.17) is 11.6 Å². The van der Waals surface area contributed by atoms with Crippen LogP contribution in [0, 0.1) is 0 Å². The van der Waals surface area contributed by atoms with Gasteiger partial charge in [-0.15, -0.1) is 6.58 Å². The first-order valence-corrected chi connectivity index (χ1v) is 5.55. The summed E-state index contributed by atoms with van der Waals surface area (Å²) in [5.74, 6) is 0. The largest absolute Gasteiger partial charge is 0.228 e. The third-order valence-electron chi connectivity index (χ3n) is 1.51. The Labute approximate surface area is 87.4 Å². The van der Waals surface area contributed by atoms with Crippen LogP contribution in [-0.2, 0) is 6.42 Å². The number of aromatic nitrogens is 2. The lowest BCUT2D eigenvalue weighted by Crippen LogP contribution is -1.94. The molecule has 4 heteroatoms. The summed E-state index contributed by atoms with van der Waals surface area (Å²) < 4.78 is 0. The lowest BCUT2D eigenvalue weighted by Gasteiger charge is -2.00. The second-order valence-electron chi connectivity index (χ2n) is 2.50. The first kappa shape index (κ1) is 10.5. The maximum Gasteiger partial charge on any atom is 0.188 e. The van der Waals surface area contributed by atoms with Crippen LogP contribution < -0.4 is 0 Å². The fourth-order valence-electron chi connectivity index (χ4n) is 0.911. The Hall–Kier alpha value is -0.540. The number of hydrogen-bond acceptors (Lipinski definition) is 3. The standard InChI is InChI=1S/C9H11ClN2S/c1-3-4-5-7-6-8(10)12-9(11-7)13-2/h3,6H,1,4-5H2,2H3. The van der Waals surface area contributed by atoms with E-state index in [2.05, 4.69) is 16.5 Å². The van der Waals surface area contributed by atoms with Crippen LogP contribution in [0.25, 0.3) is 0 Å². The molecule has 1 aromatic rings. The number of nitrogens with zero attached hydrogens (tertiary/aromatic N) is 2. The molecule has 0 atom stereocenters. The molecule has 0 amide bonds. The van der Waals surface area contributed by atoms with Crippen LogP contribution in [0.5, 0.6) is 0 Å². The normalized spacial score (nSPS) is 10.0. The van der Waals surface area contributed by atoms with Crippen LogP contribution in [0.1, 0.15) is 12.1 Å². The molecule has 0 unspecified atom stereocenters. The SMILES string of the molecule is C=CCCc1cc(Cl)nc(SC)n1. The van der Waals surface area contributed by atoms with E-state index in [0.717, 1.165) is 23.7 Å². The summed E-state index contributed by atoms with van der Waals surface area (Å²) in [5, 5.41) is 1.24. The number of rotatable bonds is 4. The van der Waals surface area contributed by atoms with Gasteiger partial charge >= 0.3 is 0 Å². The minimum atomic E-state index is 0.512. The summed E-state index contributed by atoms with van der Waals surface area (Å²) >= 11 is 7.32. The minimum Gasteiger partial charge on any atom is -0.228 e. The van der Waals surface area contributed by atoms with Crippen LogP contribution in [0.4, 0.5) is 0 Å². The summed E-state index contributed by atoms with van der Waals surface area (Å²) in [6.07, 6.45) is 5.60. The summed E-state index contributed by atoms with van der Waals surface area (Å²) in [4.78, 5) is 8.36. The van der Waals surface area contributed by atoms with Gasteiger partial charge in [0.05, 0.1) is 0 Å². The maximum absolute atomic E-state index is 5.82. The molecule has 2 nitrogen and oxygen atoms in total. The molecule has 0 radical (unpaired) electrons. The average molecular weight is 215 g/mol. The van der Waals surface area contributed by atoms with Gasteiger partial charge in [0.25, 0.3) is 0 Å². The first-order chi connectivity index (χ1) is 6.26. The second-order valence-corrected chi connectivity index (χ2v) is 3.66. The van der Waals surface area contributed by atoms with Crippen LogP contribution in [0.15, 0.2) is 23.9 Å². The molecule has 0 bridgehead atoms. The lowest BCUT2D eigenvalue weighted by molar-refractivity contribution is 0.859. The Kier molecular flexibility index (Phi) is 4.25. The molecule has 1 rings (SSSR count). The molecule has 0 fully saturated rings. The number of hydrogen-bond donors (Lipinski definition) is 0. The molecule has 0 aliphatic heterocycles. The number of aryl methyl sites for hydroxylation is 1. The molecule has 0 aromatic carbocycles. The van der Waals surface area contributed by atoms with Crippen molar-refractivity contribution in [2.75, 3.05) is 6.26 Å². The zero-order chi connectivity index (χ0) is 9.68. The zero-order valence-electron chi connectivity index (χ0n) is 7.46. The molecule has 0 aliphatic rings. The van der Waals surface area contributed by atoms with Gasteiger partial charge in [-0.05, 0) is 25.2 Å². The second kappa shape index (κ2) is 5.25. The number of halogens is 1. The molecule has 1 heterocycles. The quantitative estimate of drug-likeness (QED) is 0.334. The highest BCUT2D eigenvalue weighted by Crippen LogP contribution is 2.15. The molecule has 0 aliphatic carbocycles. The number of thioether (sulfide) groups is 1. The lowest BCUT2D eigenvalue weighted by atomic mass is 10.2. The smallest absolute Gasteiger partial charge is 0.188 e. The monoisotopic (exact) mass is 214 g/mol. The molecule has 0 N–H and O–H groups in total. The Balaban J connectivity index is 2.81. The fourth-order valence-corrected chi connectivity index (χ4v) is 1.56. The highest BCUT2D eigenvalue weighted by molar-refractivity contribution is 7.98. The van der Waals surface area contributed by atoms with E-state index in [1.54, 1.807) is 6.07 Å². The van der Waals surface area contributed by atoms with Gasteiger partial charge in [0.2, 0.25) is 0 Å². The van der Waals surface area contributed by atoms with Crippen LogP contribution in [0.3, 0.4) is 0 Å². The molecular weight excluding hydrogens is 204 g/mol. The average Bonchev–Trinajstić information content (AvgIpc) is 2.14. The summed E-state index contributed by atoms with van der Waals surface area (Å²) in [6.45, 7) is 3.66. The zero-order valence-corrected chi connectivity index (χ0v) is 9.03. The Morgan fingerprint density at radius 2 is 2.38 bits per heavy atom. The summed E-state index contributed by atoms with van der Waals surface area (Å²) in [5.41, 5.74) is 0.976. The van der Waals surface area contributed by atoms with Crippen molar-refractivity contribution in [1.29, 1.82) is 0 Å². The van der Waals surface area contributed by atoms with Gasteiger partial charge in [0.1, 0.15) is 5.15 Å². The van der Waals surface area contributed by atoms with E-state index in [1.165, 1.54) is 11.8 Å². The molecule has 0 saturated heterocycles. The highest BCUT2D eigenvalue weighted by atomic mass is 35.5. The van der Waals surface area contributed by atoms with Gasteiger partial charge < -0.3 is 0 Å². The third-order valence-corrected chi connectivity index (χ3v) is 2.26. The summed E-state index contributed by atoms with van der Waals surface area (Å²) in [6, 6.07) is 1.80. The molecule has 70 valence electrons. The van der Waals surface area contributed by atoms with Gasteiger partial charge in [0.15, 0.2) is 5.16 Å². The van der Waals surface area contributed by atoms with E-state index in [-0.39, 0.29) is 0 Å². The fraction of sp³-hybridized carbons (Fsp3) is 0.333. The van der Waals surface area contributed by atoms with Crippen molar-refractivity contribution in [3.63, 3.8) is 0 Å². The van der Waals surface area contributed by atoms with Gasteiger partial charge in [-0.1, -0.05) is 29.4 Å². The predicted molar refractivity (Wildman–Crippen MR) is 57.3 cm³/mol. The minimum absolute atomic E-state index is 0.512. The van der Waals surface area contributed by atoms with Crippen molar-refractivity contribution in [2.45, 2.75) is 18.0 Å². The molecule has 0 saturated carbocycles. The van der Waals surface area contributed by atoms with Crippen LogP contribution in [-0.4, -0.2) is 16.2 Å². The van der Waals surface area contributed by atoms with Crippen LogP contribution in [0.2, 0.25) is 5.15 Å². The van der Waals surface area contributed by atoms with E-state index in [9.17, 15) is 0 Å². The van der Waals surface area contributed by atoms with Crippen molar-refractivity contribution in [3.8, 4) is 0 Å². The van der Waals surface area contributed by atoms with Gasteiger partial charge in [-0.2, -0.15) is 0 Å². The number of allylic oxidation sites excluding steroid dienone is 1. The Bertz CT molecular complexity index is 302. The summed E-state index contributed by atoms with van der Waals surface area (Å²) in [7, 11) is 0. The van der Waals surface area contributed by atoms with Crippen molar-refractivity contribution < 1.29 is 0 Å². The van der Waals surface area contributed by atoms with Crippen LogP contribution >= 0.6 is 23.4 Å². The van der Waals surface area contributed by atoms with Gasteiger partial charge in [0, 0.05) is 5.69 Å². The van der Waals surface area contributed by atoms with Crippen molar-refractivity contribution >= 4 is 23.4 Å².